The molecule has 0 saturated carbocycles. The van der Waals surface area contributed by atoms with Crippen molar-refractivity contribution in [1.82, 2.24) is 10.3 Å². The first kappa shape index (κ1) is 13.7. The zero-order chi connectivity index (χ0) is 13.1. The van der Waals surface area contributed by atoms with Crippen LogP contribution in [0.25, 0.3) is 0 Å². The van der Waals surface area contributed by atoms with E-state index in [9.17, 15) is 4.79 Å². The van der Waals surface area contributed by atoms with E-state index < -0.39 is 0 Å². The van der Waals surface area contributed by atoms with Crippen LogP contribution in [0, 0.1) is 5.41 Å². The van der Waals surface area contributed by atoms with Crippen molar-refractivity contribution >= 4 is 23.3 Å². The standard InChI is InChI=1S/C11H17ClN4O/c1-11(2,3)6-14-10(17)7-4-8(12)15-9(5-7)16-13/h4-5H,6,13H2,1-3H3,(H,14,17)(H,15,16). The number of amides is 1. The zero-order valence-corrected chi connectivity index (χ0v) is 10.9. The van der Waals surface area contributed by atoms with Gasteiger partial charge in [-0.25, -0.2) is 10.8 Å². The van der Waals surface area contributed by atoms with Crippen molar-refractivity contribution in [2.75, 3.05) is 12.0 Å². The van der Waals surface area contributed by atoms with Gasteiger partial charge in [-0.1, -0.05) is 32.4 Å². The van der Waals surface area contributed by atoms with Crippen LogP contribution in [0.5, 0.6) is 0 Å². The number of carbonyl (C=O) groups is 1. The molecule has 0 saturated heterocycles. The average Bonchev–Trinajstić information content (AvgIpc) is 2.23. The Morgan fingerprint density at radius 2 is 2.12 bits per heavy atom. The lowest BCUT2D eigenvalue weighted by atomic mass is 9.97. The third-order valence-corrected chi connectivity index (χ3v) is 2.18. The van der Waals surface area contributed by atoms with Gasteiger partial charge in [0.25, 0.3) is 5.91 Å². The highest BCUT2D eigenvalue weighted by Gasteiger charge is 2.14. The maximum atomic E-state index is 11.8. The van der Waals surface area contributed by atoms with Crippen molar-refractivity contribution in [2.45, 2.75) is 20.8 Å². The number of nitrogens with two attached hydrogens (primary N) is 1. The number of hydrazine groups is 1. The fraction of sp³-hybridized carbons (Fsp3) is 0.455. The molecule has 0 aliphatic carbocycles. The molecule has 17 heavy (non-hydrogen) atoms. The number of hydrogen-bond acceptors (Lipinski definition) is 4. The molecule has 6 heteroatoms. The summed E-state index contributed by atoms with van der Waals surface area (Å²) >= 11 is 5.78. The van der Waals surface area contributed by atoms with Gasteiger partial charge in [0.05, 0.1) is 0 Å². The number of nitrogens with zero attached hydrogens (tertiary/aromatic N) is 1. The third kappa shape index (κ3) is 4.58. The van der Waals surface area contributed by atoms with Gasteiger partial charge in [0, 0.05) is 12.1 Å². The molecule has 1 aromatic heterocycles. The number of nitrogens with one attached hydrogen (secondary N) is 2. The Hall–Kier alpha value is -1.33. The number of aromatic nitrogens is 1. The summed E-state index contributed by atoms with van der Waals surface area (Å²) in [5.74, 6) is 5.39. The quantitative estimate of drug-likeness (QED) is 0.438. The van der Waals surface area contributed by atoms with Gasteiger partial charge in [0.1, 0.15) is 11.0 Å². The van der Waals surface area contributed by atoms with E-state index in [-0.39, 0.29) is 16.5 Å². The smallest absolute Gasteiger partial charge is 0.251 e. The van der Waals surface area contributed by atoms with Gasteiger partial charge < -0.3 is 10.7 Å². The Morgan fingerprint density at radius 1 is 1.47 bits per heavy atom. The molecule has 4 N–H and O–H groups in total. The van der Waals surface area contributed by atoms with Crippen LogP contribution in [-0.4, -0.2) is 17.4 Å². The molecular formula is C11H17ClN4O. The van der Waals surface area contributed by atoms with E-state index in [0.717, 1.165) is 0 Å². The number of pyridine rings is 1. The molecule has 0 bridgehead atoms. The largest absolute Gasteiger partial charge is 0.352 e. The van der Waals surface area contributed by atoms with Crippen LogP contribution in [0.3, 0.4) is 0 Å². The first-order chi connectivity index (χ1) is 7.81. The molecule has 0 atom stereocenters. The molecular weight excluding hydrogens is 240 g/mol. The molecule has 0 aromatic carbocycles. The van der Waals surface area contributed by atoms with E-state index in [0.29, 0.717) is 17.9 Å². The minimum absolute atomic E-state index is 0.0292. The van der Waals surface area contributed by atoms with Crippen LogP contribution in [-0.2, 0) is 0 Å². The molecule has 1 aromatic rings. The van der Waals surface area contributed by atoms with Crippen LogP contribution in [0.1, 0.15) is 31.1 Å². The Morgan fingerprint density at radius 3 is 2.65 bits per heavy atom. The van der Waals surface area contributed by atoms with Gasteiger partial charge in [-0.15, -0.1) is 0 Å². The van der Waals surface area contributed by atoms with Crippen LogP contribution in [0.2, 0.25) is 5.15 Å². The summed E-state index contributed by atoms with van der Waals surface area (Å²) in [7, 11) is 0. The number of carbonyl (C=O) groups excluding carboxylic acids is 1. The second-order valence-corrected chi connectivity index (χ2v) is 5.34. The summed E-state index contributed by atoms with van der Waals surface area (Å²) < 4.78 is 0. The Kier molecular flexibility index (Phi) is 4.31. The van der Waals surface area contributed by atoms with Crippen molar-refractivity contribution in [3.05, 3.63) is 22.8 Å². The Balaban J connectivity index is 2.78. The maximum absolute atomic E-state index is 11.8. The number of rotatable bonds is 3. The highest BCUT2D eigenvalue weighted by molar-refractivity contribution is 6.29. The normalized spacial score (nSPS) is 11.1. The van der Waals surface area contributed by atoms with Crippen LogP contribution >= 0.6 is 11.6 Å². The summed E-state index contributed by atoms with van der Waals surface area (Å²) in [5, 5.41) is 3.05. The van der Waals surface area contributed by atoms with Gasteiger partial charge >= 0.3 is 0 Å². The minimum atomic E-state index is -0.194. The highest BCUT2D eigenvalue weighted by Crippen LogP contribution is 2.15. The molecule has 0 unspecified atom stereocenters. The van der Waals surface area contributed by atoms with Crippen LogP contribution in [0.4, 0.5) is 5.82 Å². The van der Waals surface area contributed by atoms with Gasteiger partial charge in [-0.3, -0.25) is 4.79 Å². The van der Waals surface area contributed by atoms with Gasteiger partial charge in [0.2, 0.25) is 0 Å². The molecule has 0 aliphatic heterocycles. The second kappa shape index (κ2) is 5.33. The lowest BCUT2D eigenvalue weighted by Gasteiger charge is -2.18. The Labute approximate surface area is 106 Å². The predicted molar refractivity (Wildman–Crippen MR) is 68.8 cm³/mol. The summed E-state index contributed by atoms with van der Waals surface area (Å²) in [6.45, 7) is 6.70. The fourth-order valence-electron chi connectivity index (χ4n) is 1.15. The minimum Gasteiger partial charge on any atom is -0.352 e. The molecule has 1 amide bonds. The lowest BCUT2D eigenvalue weighted by molar-refractivity contribution is 0.0939. The fourth-order valence-corrected chi connectivity index (χ4v) is 1.36. The number of nitrogen functional groups attached to an aromatic ring is 1. The molecule has 0 radical (unpaired) electrons. The molecule has 1 heterocycles. The van der Waals surface area contributed by atoms with Gasteiger partial charge in [0.15, 0.2) is 0 Å². The molecule has 0 fully saturated rings. The predicted octanol–water partition coefficient (Wildman–Crippen LogP) is 1.80. The third-order valence-electron chi connectivity index (χ3n) is 1.98. The average molecular weight is 257 g/mol. The number of anilines is 1. The summed E-state index contributed by atoms with van der Waals surface area (Å²) in [5.41, 5.74) is 2.82. The molecule has 0 aliphatic rings. The van der Waals surface area contributed by atoms with E-state index >= 15 is 0 Å². The monoisotopic (exact) mass is 256 g/mol. The van der Waals surface area contributed by atoms with Crippen molar-refractivity contribution in [2.24, 2.45) is 11.3 Å². The molecule has 94 valence electrons. The highest BCUT2D eigenvalue weighted by atomic mass is 35.5. The molecule has 5 nitrogen and oxygen atoms in total. The Bertz CT molecular complexity index is 414. The van der Waals surface area contributed by atoms with Crippen molar-refractivity contribution in [3.63, 3.8) is 0 Å². The van der Waals surface area contributed by atoms with Gasteiger partial charge in [-0.2, -0.15) is 0 Å². The van der Waals surface area contributed by atoms with Crippen molar-refractivity contribution in [3.8, 4) is 0 Å². The summed E-state index contributed by atoms with van der Waals surface area (Å²) in [6.07, 6.45) is 0. The zero-order valence-electron chi connectivity index (χ0n) is 10.2. The van der Waals surface area contributed by atoms with Crippen LogP contribution < -0.4 is 16.6 Å². The van der Waals surface area contributed by atoms with E-state index in [1.165, 1.54) is 6.07 Å². The first-order valence-electron chi connectivity index (χ1n) is 5.24. The molecule has 0 spiro atoms. The topological polar surface area (TPSA) is 80.0 Å². The number of hydrogen-bond donors (Lipinski definition) is 3. The SMILES string of the molecule is CC(C)(C)CNC(=O)c1cc(Cl)nc(NN)c1. The summed E-state index contributed by atoms with van der Waals surface area (Å²) in [6, 6.07) is 3.05. The number of halogens is 1. The van der Waals surface area contributed by atoms with E-state index in [2.05, 4.69) is 15.7 Å². The molecule has 1 rings (SSSR count). The van der Waals surface area contributed by atoms with Gasteiger partial charge in [-0.05, 0) is 17.5 Å². The maximum Gasteiger partial charge on any atom is 0.251 e. The van der Waals surface area contributed by atoms with E-state index in [4.69, 9.17) is 17.4 Å². The van der Waals surface area contributed by atoms with E-state index in [1.807, 2.05) is 20.8 Å². The second-order valence-electron chi connectivity index (χ2n) is 4.95. The summed E-state index contributed by atoms with van der Waals surface area (Å²) in [4.78, 5) is 15.7. The van der Waals surface area contributed by atoms with Crippen LogP contribution in [0.15, 0.2) is 12.1 Å². The lowest BCUT2D eigenvalue weighted by Crippen LogP contribution is -2.32. The van der Waals surface area contributed by atoms with Crippen molar-refractivity contribution < 1.29 is 4.79 Å². The first-order valence-corrected chi connectivity index (χ1v) is 5.62. The van der Waals surface area contributed by atoms with Crippen molar-refractivity contribution in [1.29, 1.82) is 0 Å². The van der Waals surface area contributed by atoms with E-state index in [1.54, 1.807) is 6.07 Å².